The second-order valence-electron chi connectivity index (χ2n) is 5.35. The van der Waals surface area contributed by atoms with Crippen LogP contribution >= 0.6 is 0 Å². The Balaban J connectivity index is 2.36. The Hall–Kier alpha value is -1.13. The second kappa shape index (κ2) is 6.55. The molecule has 1 aromatic carbocycles. The average Bonchev–Trinajstić information content (AvgIpc) is 2.46. The average molecular weight is 293 g/mol. The van der Waals surface area contributed by atoms with Crippen molar-refractivity contribution in [3.8, 4) is 0 Å². The number of hydrogen-bond acceptors (Lipinski definition) is 3. The zero-order chi connectivity index (χ0) is 14.6. The van der Waals surface area contributed by atoms with Crippen molar-refractivity contribution in [2.24, 2.45) is 0 Å². The number of sulfone groups is 1. The van der Waals surface area contributed by atoms with Gasteiger partial charge in [0.25, 0.3) is 0 Å². The Kier molecular flexibility index (Phi) is 5.00. The first-order chi connectivity index (χ1) is 9.56. The molecule has 0 atom stereocenters. The lowest BCUT2D eigenvalue weighted by atomic mass is 9.87. The minimum Gasteiger partial charge on any atom is -0.317 e. The van der Waals surface area contributed by atoms with Gasteiger partial charge in [-0.3, -0.25) is 0 Å². The highest BCUT2D eigenvalue weighted by Crippen LogP contribution is 2.31. The van der Waals surface area contributed by atoms with E-state index in [-0.39, 0.29) is 5.75 Å². The van der Waals surface area contributed by atoms with Gasteiger partial charge >= 0.3 is 0 Å². The van der Waals surface area contributed by atoms with E-state index in [2.05, 4.69) is 11.4 Å². The fourth-order valence-corrected chi connectivity index (χ4v) is 4.35. The van der Waals surface area contributed by atoms with Crippen molar-refractivity contribution in [1.82, 2.24) is 5.32 Å². The summed E-state index contributed by atoms with van der Waals surface area (Å²) >= 11 is 0. The SMILES string of the molecule is CC=CCS(=O)(=O)c1cccc(C2CCNCC2)c1C. The molecule has 20 heavy (non-hydrogen) atoms. The molecule has 1 fully saturated rings. The van der Waals surface area contributed by atoms with Crippen molar-refractivity contribution in [3.63, 3.8) is 0 Å². The molecule has 110 valence electrons. The molecule has 2 rings (SSSR count). The number of hydrogen-bond donors (Lipinski definition) is 1. The maximum absolute atomic E-state index is 12.4. The lowest BCUT2D eigenvalue weighted by Gasteiger charge is -2.25. The molecule has 0 aliphatic carbocycles. The van der Waals surface area contributed by atoms with Crippen LogP contribution in [0, 0.1) is 6.92 Å². The number of rotatable bonds is 4. The van der Waals surface area contributed by atoms with Crippen LogP contribution < -0.4 is 5.32 Å². The van der Waals surface area contributed by atoms with Crippen molar-refractivity contribution in [2.45, 2.75) is 37.5 Å². The summed E-state index contributed by atoms with van der Waals surface area (Å²) < 4.78 is 24.8. The van der Waals surface area contributed by atoms with Crippen LogP contribution in [0.4, 0.5) is 0 Å². The summed E-state index contributed by atoms with van der Waals surface area (Å²) in [7, 11) is -3.22. The van der Waals surface area contributed by atoms with Gasteiger partial charge in [-0.2, -0.15) is 0 Å². The van der Waals surface area contributed by atoms with Gasteiger partial charge in [0, 0.05) is 0 Å². The molecule has 1 N–H and O–H groups in total. The first kappa shape index (κ1) is 15.3. The molecule has 1 aromatic rings. The Morgan fingerprint density at radius 1 is 1.30 bits per heavy atom. The van der Waals surface area contributed by atoms with E-state index in [0.717, 1.165) is 31.5 Å². The maximum Gasteiger partial charge on any atom is 0.182 e. The largest absolute Gasteiger partial charge is 0.317 e. The van der Waals surface area contributed by atoms with E-state index in [9.17, 15) is 8.42 Å². The molecule has 1 aliphatic heterocycles. The van der Waals surface area contributed by atoms with Crippen molar-refractivity contribution in [1.29, 1.82) is 0 Å². The summed E-state index contributed by atoms with van der Waals surface area (Å²) in [5.74, 6) is 0.563. The van der Waals surface area contributed by atoms with E-state index in [0.29, 0.717) is 10.8 Å². The summed E-state index contributed by atoms with van der Waals surface area (Å²) in [6.45, 7) is 5.81. The first-order valence-corrected chi connectivity index (χ1v) is 8.85. The van der Waals surface area contributed by atoms with Gasteiger partial charge < -0.3 is 5.32 Å². The van der Waals surface area contributed by atoms with Crippen LogP contribution in [-0.2, 0) is 9.84 Å². The van der Waals surface area contributed by atoms with Crippen molar-refractivity contribution >= 4 is 9.84 Å². The highest BCUT2D eigenvalue weighted by Gasteiger charge is 2.22. The predicted octanol–water partition coefficient (Wildman–Crippen LogP) is 2.81. The molecule has 0 unspecified atom stereocenters. The molecule has 0 spiro atoms. The Morgan fingerprint density at radius 3 is 2.65 bits per heavy atom. The Labute approximate surface area is 122 Å². The first-order valence-electron chi connectivity index (χ1n) is 7.20. The number of benzene rings is 1. The van der Waals surface area contributed by atoms with E-state index < -0.39 is 9.84 Å². The van der Waals surface area contributed by atoms with Crippen LogP contribution in [-0.4, -0.2) is 27.3 Å². The molecular weight excluding hydrogens is 270 g/mol. The monoisotopic (exact) mass is 293 g/mol. The summed E-state index contributed by atoms with van der Waals surface area (Å²) in [6, 6.07) is 5.70. The molecule has 0 amide bonds. The zero-order valence-corrected chi connectivity index (χ0v) is 13.0. The lowest BCUT2D eigenvalue weighted by molar-refractivity contribution is 0.458. The molecule has 0 saturated carbocycles. The molecule has 0 bridgehead atoms. The summed E-state index contributed by atoms with van der Waals surface area (Å²) in [6.07, 6.45) is 5.65. The van der Waals surface area contributed by atoms with Gasteiger partial charge in [0.15, 0.2) is 9.84 Å². The normalized spacial score (nSPS) is 17.7. The van der Waals surface area contributed by atoms with E-state index in [1.54, 1.807) is 18.2 Å². The van der Waals surface area contributed by atoms with Gasteiger partial charge in [0.05, 0.1) is 10.6 Å². The fraction of sp³-hybridized carbons (Fsp3) is 0.500. The third-order valence-electron chi connectivity index (χ3n) is 3.99. The van der Waals surface area contributed by atoms with Crippen molar-refractivity contribution in [3.05, 3.63) is 41.5 Å². The second-order valence-corrected chi connectivity index (χ2v) is 7.35. The summed E-state index contributed by atoms with van der Waals surface area (Å²) in [4.78, 5) is 0.492. The molecule has 1 heterocycles. The third-order valence-corrected chi connectivity index (χ3v) is 5.74. The molecule has 4 heteroatoms. The van der Waals surface area contributed by atoms with Crippen LogP contribution in [0.2, 0.25) is 0 Å². The minimum absolute atomic E-state index is 0.0833. The van der Waals surface area contributed by atoms with E-state index in [4.69, 9.17) is 0 Å². The van der Waals surface area contributed by atoms with Crippen LogP contribution in [0.3, 0.4) is 0 Å². The molecule has 3 nitrogen and oxygen atoms in total. The topological polar surface area (TPSA) is 46.2 Å². The molecule has 0 radical (unpaired) electrons. The van der Waals surface area contributed by atoms with Gasteiger partial charge in [-0.05, 0) is 62.9 Å². The summed E-state index contributed by atoms with van der Waals surface area (Å²) in [5, 5.41) is 3.35. The van der Waals surface area contributed by atoms with Crippen molar-refractivity contribution < 1.29 is 8.42 Å². The van der Waals surface area contributed by atoms with Crippen LogP contribution in [0.5, 0.6) is 0 Å². The predicted molar refractivity (Wildman–Crippen MR) is 82.9 cm³/mol. The van der Waals surface area contributed by atoms with Gasteiger partial charge in [-0.25, -0.2) is 8.42 Å². The highest BCUT2D eigenvalue weighted by atomic mass is 32.2. The smallest absolute Gasteiger partial charge is 0.182 e. The zero-order valence-electron chi connectivity index (χ0n) is 12.2. The highest BCUT2D eigenvalue weighted by molar-refractivity contribution is 7.91. The third kappa shape index (κ3) is 3.30. The van der Waals surface area contributed by atoms with Crippen LogP contribution in [0.15, 0.2) is 35.2 Å². The quantitative estimate of drug-likeness (QED) is 0.868. The van der Waals surface area contributed by atoms with E-state index in [1.165, 1.54) is 5.56 Å². The Morgan fingerprint density at radius 2 is 2.00 bits per heavy atom. The summed E-state index contributed by atoms with van der Waals surface area (Å²) in [5.41, 5.74) is 2.14. The number of piperidine rings is 1. The fourth-order valence-electron chi connectivity index (χ4n) is 2.86. The lowest BCUT2D eigenvalue weighted by Crippen LogP contribution is -2.27. The van der Waals surface area contributed by atoms with E-state index in [1.807, 2.05) is 19.9 Å². The van der Waals surface area contributed by atoms with Gasteiger partial charge in [0.2, 0.25) is 0 Å². The Bertz CT molecular complexity index is 584. The number of allylic oxidation sites excluding steroid dienone is 1. The standard InChI is InChI=1S/C16H23NO2S/c1-3-4-12-20(18,19)16-7-5-6-15(13(16)2)14-8-10-17-11-9-14/h3-7,14,17H,8-12H2,1-2H3. The van der Waals surface area contributed by atoms with Crippen LogP contribution in [0.1, 0.15) is 36.8 Å². The van der Waals surface area contributed by atoms with Crippen LogP contribution in [0.25, 0.3) is 0 Å². The molecular formula is C16H23NO2S. The minimum atomic E-state index is -3.22. The maximum atomic E-state index is 12.4. The van der Waals surface area contributed by atoms with Gasteiger partial charge in [0.1, 0.15) is 0 Å². The molecule has 1 saturated heterocycles. The van der Waals surface area contributed by atoms with Gasteiger partial charge in [-0.15, -0.1) is 0 Å². The molecule has 0 aromatic heterocycles. The number of nitrogens with one attached hydrogen (secondary N) is 1. The molecule has 1 aliphatic rings. The van der Waals surface area contributed by atoms with Gasteiger partial charge in [-0.1, -0.05) is 24.3 Å². The van der Waals surface area contributed by atoms with Crippen molar-refractivity contribution in [2.75, 3.05) is 18.8 Å². The van der Waals surface area contributed by atoms with E-state index >= 15 is 0 Å².